The van der Waals surface area contributed by atoms with E-state index in [2.05, 4.69) is 5.32 Å². The number of rotatable bonds is 11. The molecule has 0 spiro atoms. The summed E-state index contributed by atoms with van der Waals surface area (Å²) in [5.41, 5.74) is 1.52. The molecule has 1 atom stereocenters. The van der Waals surface area contributed by atoms with Gasteiger partial charge in [0, 0.05) is 11.6 Å². The van der Waals surface area contributed by atoms with Gasteiger partial charge in [-0.25, -0.2) is 0 Å². The van der Waals surface area contributed by atoms with Crippen LogP contribution in [0, 0.1) is 11.3 Å². The molecule has 0 bridgehead atoms. The first-order valence-electron chi connectivity index (χ1n) is 10.5. The van der Waals surface area contributed by atoms with E-state index in [0.717, 1.165) is 12.0 Å². The lowest BCUT2D eigenvalue weighted by atomic mass is 10.1. The normalized spacial score (nSPS) is 11.8. The molecule has 7 heteroatoms. The Morgan fingerprint density at radius 1 is 1.06 bits per heavy atom. The molecule has 1 N–H and O–H groups in total. The zero-order valence-electron chi connectivity index (χ0n) is 19.2. The van der Waals surface area contributed by atoms with Crippen LogP contribution in [0.5, 0.6) is 23.0 Å². The van der Waals surface area contributed by atoms with Gasteiger partial charge < -0.3 is 24.3 Å². The molecule has 0 radical (unpaired) electrons. The molecule has 2 aromatic rings. The van der Waals surface area contributed by atoms with Crippen molar-refractivity contribution in [2.24, 2.45) is 0 Å². The van der Waals surface area contributed by atoms with Crippen LogP contribution >= 0.6 is 0 Å². The lowest BCUT2D eigenvalue weighted by Gasteiger charge is -2.15. The first kappa shape index (κ1) is 24.6. The van der Waals surface area contributed by atoms with Crippen LogP contribution in [0.1, 0.15) is 38.3 Å². The fraction of sp³-hybridized carbons (Fsp3) is 0.360. The number of hydrogen-bond donors (Lipinski definition) is 1. The van der Waals surface area contributed by atoms with Crippen LogP contribution in [0.4, 0.5) is 0 Å². The highest BCUT2D eigenvalue weighted by Crippen LogP contribution is 2.32. The molecule has 170 valence electrons. The molecule has 0 saturated heterocycles. The average molecular weight is 439 g/mol. The minimum atomic E-state index is -0.398. The van der Waals surface area contributed by atoms with Gasteiger partial charge >= 0.3 is 0 Å². The summed E-state index contributed by atoms with van der Waals surface area (Å²) in [6.07, 6.45) is 2.32. The van der Waals surface area contributed by atoms with Gasteiger partial charge in [-0.3, -0.25) is 4.79 Å². The number of ether oxygens (including phenoxy) is 4. The third-order valence-corrected chi connectivity index (χ3v) is 4.80. The Kier molecular flexibility index (Phi) is 9.43. The molecule has 0 saturated carbocycles. The molecule has 0 aliphatic carbocycles. The van der Waals surface area contributed by atoms with E-state index in [1.165, 1.54) is 6.08 Å². The summed E-state index contributed by atoms with van der Waals surface area (Å²) in [5, 5.41) is 12.2. The number of amides is 1. The van der Waals surface area contributed by atoms with Gasteiger partial charge in [0.1, 0.15) is 29.7 Å². The number of nitrogens with one attached hydrogen (secondary N) is 1. The SMILES string of the molecule is CCOc1cc(/C=C(\C#N)C(=O)N[C@H](C)CC)ccc1OCc1cc(OC)ccc1OC. The van der Waals surface area contributed by atoms with Crippen molar-refractivity contribution in [2.75, 3.05) is 20.8 Å². The van der Waals surface area contributed by atoms with E-state index in [1.54, 1.807) is 32.4 Å². The summed E-state index contributed by atoms with van der Waals surface area (Å²) in [5.74, 6) is 2.05. The van der Waals surface area contributed by atoms with Crippen molar-refractivity contribution in [3.8, 4) is 29.1 Å². The van der Waals surface area contributed by atoms with Gasteiger partial charge in [-0.2, -0.15) is 5.26 Å². The molecular formula is C25H30N2O5. The summed E-state index contributed by atoms with van der Waals surface area (Å²) < 4.78 is 22.4. The summed E-state index contributed by atoms with van der Waals surface area (Å²) in [6, 6.07) is 12.7. The predicted octanol–water partition coefficient (Wildman–Crippen LogP) is 4.50. The molecule has 1 amide bonds. The number of carbonyl (C=O) groups is 1. The highest BCUT2D eigenvalue weighted by molar-refractivity contribution is 6.01. The number of hydrogen-bond acceptors (Lipinski definition) is 6. The summed E-state index contributed by atoms with van der Waals surface area (Å²) in [7, 11) is 3.20. The largest absolute Gasteiger partial charge is 0.497 e. The Labute approximate surface area is 189 Å². The van der Waals surface area contributed by atoms with Gasteiger partial charge in [0.25, 0.3) is 5.91 Å². The highest BCUT2D eigenvalue weighted by Gasteiger charge is 2.13. The maximum Gasteiger partial charge on any atom is 0.262 e. The van der Waals surface area contributed by atoms with E-state index in [0.29, 0.717) is 35.2 Å². The van der Waals surface area contributed by atoms with Crippen molar-refractivity contribution in [2.45, 2.75) is 39.8 Å². The Hall–Kier alpha value is -3.66. The Morgan fingerprint density at radius 2 is 1.81 bits per heavy atom. The lowest BCUT2D eigenvalue weighted by molar-refractivity contribution is -0.117. The van der Waals surface area contributed by atoms with Crippen molar-refractivity contribution in [1.82, 2.24) is 5.32 Å². The molecule has 0 fully saturated rings. The van der Waals surface area contributed by atoms with Crippen LogP contribution in [0.25, 0.3) is 6.08 Å². The van der Waals surface area contributed by atoms with Crippen molar-refractivity contribution >= 4 is 12.0 Å². The summed E-state index contributed by atoms with van der Waals surface area (Å²) >= 11 is 0. The predicted molar refractivity (Wildman–Crippen MR) is 123 cm³/mol. The number of benzene rings is 2. The highest BCUT2D eigenvalue weighted by atomic mass is 16.5. The minimum Gasteiger partial charge on any atom is -0.497 e. The Bertz CT molecular complexity index is 994. The number of nitrogens with zero attached hydrogens (tertiary/aromatic N) is 1. The Balaban J connectivity index is 2.26. The fourth-order valence-electron chi connectivity index (χ4n) is 2.87. The van der Waals surface area contributed by atoms with Crippen LogP contribution in [-0.2, 0) is 11.4 Å². The van der Waals surface area contributed by atoms with Crippen LogP contribution in [-0.4, -0.2) is 32.8 Å². The number of carbonyl (C=O) groups excluding carboxylic acids is 1. The third-order valence-electron chi connectivity index (χ3n) is 4.80. The second-order valence-electron chi connectivity index (χ2n) is 7.06. The van der Waals surface area contributed by atoms with Gasteiger partial charge in [0.15, 0.2) is 11.5 Å². The zero-order valence-corrected chi connectivity index (χ0v) is 19.2. The van der Waals surface area contributed by atoms with Crippen LogP contribution < -0.4 is 24.3 Å². The first-order chi connectivity index (χ1) is 15.4. The van der Waals surface area contributed by atoms with E-state index in [4.69, 9.17) is 18.9 Å². The number of methoxy groups -OCH3 is 2. The maximum atomic E-state index is 12.3. The molecule has 0 heterocycles. The van der Waals surface area contributed by atoms with Crippen molar-refractivity contribution in [3.05, 3.63) is 53.1 Å². The molecule has 0 unspecified atom stereocenters. The van der Waals surface area contributed by atoms with Gasteiger partial charge in [-0.05, 0) is 62.2 Å². The second kappa shape index (κ2) is 12.3. The molecule has 7 nitrogen and oxygen atoms in total. The van der Waals surface area contributed by atoms with E-state index in [9.17, 15) is 10.1 Å². The maximum absolute atomic E-state index is 12.3. The monoisotopic (exact) mass is 438 g/mol. The van der Waals surface area contributed by atoms with Crippen molar-refractivity contribution in [1.29, 1.82) is 5.26 Å². The molecular weight excluding hydrogens is 408 g/mol. The molecule has 32 heavy (non-hydrogen) atoms. The fourth-order valence-corrected chi connectivity index (χ4v) is 2.87. The summed E-state index contributed by atoms with van der Waals surface area (Å²) in [4.78, 5) is 12.3. The van der Waals surface area contributed by atoms with Crippen LogP contribution in [0.2, 0.25) is 0 Å². The van der Waals surface area contributed by atoms with Crippen molar-refractivity contribution in [3.63, 3.8) is 0 Å². The van der Waals surface area contributed by atoms with E-state index in [1.807, 2.05) is 45.0 Å². The van der Waals surface area contributed by atoms with Gasteiger partial charge in [0.05, 0.1) is 20.8 Å². The van der Waals surface area contributed by atoms with Gasteiger partial charge in [-0.15, -0.1) is 0 Å². The first-order valence-corrected chi connectivity index (χ1v) is 10.5. The Morgan fingerprint density at radius 3 is 2.44 bits per heavy atom. The molecule has 2 aromatic carbocycles. The van der Waals surface area contributed by atoms with Crippen LogP contribution in [0.3, 0.4) is 0 Å². The number of nitriles is 1. The topological polar surface area (TPSA) is 89.8 Å². The van der Waals surface area contributed by atoms with E-state index >= 15 is 0 Å². The molecule has 0 aliphatic rings. The van der Waals surface area contributed by atoms with Crippen LogP contribution in [0.15, 0.2) is 42.0 Å². The average Bonchev–Trinajstić information content (AvgIpc) is 2.81. The second-order valence-corrected chi connectivity index (χ2v) is 7.06. The third kappa shape index (κ3) is 6.67. The van der Waals surface area contributed by atoms with Gasteiger partial charge in [-0.1, -0.05) is 13.0 Å². The molecule has 2 rings (SSSR count). The smallest absolute Gasteiger partial charge is 0.262 e. The van der Waals surface area contributed by atoms with Crippen molar-refractivity contribution < 1.29 is 23.7 Å². The minimum absolute atomic E-state index is 0.0115. The van der Waals surface area contributed by atoms with Gasteiger partial charge in [0.2, 0.25) is 0 Å². The quantitative estimate of drug-likeness (QED) is 0.410. The van der Waals surface area contributed by atoms with E-state index < -0.39 is 5.91 Å². The lowest BCUT2D eigenvalue weighted by Crippen LogP contribution is -2.32. The summed E-state index contributed by atoms with van der Waals surface area (Å²) in [6.45, 7) is 6.41. The zero-order chi connectivity index (χ0) is 23.5. The molecule has 0 aliphatic heterocycles. The van der Waals surface area contributed by atoms with E-state index in [-0.39, 0.29) is 18.2 Å². The molecule has 0 aromatic heterocycles. The standard InChI is InChI=1S/C25H30N2O5/c1-6-17(3)27-25(28)19(15-26)12-18-8-10-23(24(13-18)31-7-2)32-16-20-14-21(29-4)9-11-22(20)30-5/h8-14,17H,6-7,16H2,1-5H3,(H,27,28)/b19-12+/t17-/m1/s1.